The predicted molar refractivity (Wildman–Crippen MR) is 75.0 cm³/mol. The number of benzene rings is 1. The van der Waals surface area contributed by atoms with Crippen molar-refractivity contribution >= 4 is 0 Å². The molecule has 0 unspecified atom stereocenters. The SMILES string of the molecule is CCCCOCCOc1cc(C)ccc1[C@@H](C)N. The normalized spacial score (nSPS) is 12.4. The van der Waals surface area contributed by atoms with Gasteiger partial charge in [-0.2, -0.15) is 0 Å². The molecule has 0 aliphatic rings. The second-order valence-corrected chi connectivity index (χ2v) is 4.64. The van der Waals surface area contributed by atoms with Crippen LogP contribution in [0.1, 0.15) is 43.9 Å². The number of unbranched alkanes of at least 4 members (excludes halogenated alkanes) is 1. The maximum atomic E-state index is 5.92. The Hall–Kier alpha value is -1.06. The van der Waals surface area contributed by atoms with Crippen LogP contribution in [0.5, 0.6) is 5.75 Å². The largest absolute Gasteiger partial charge is 0.491 e. The maximum absolute atomic E-state index is 5.92. The number of hydrogen-bond donors (Lipinski definition) is 1. The lowest BCUT2D eigenvalue weighted by molar-refractivity contribution is 0.0976. The molecule has 0 aromatic heterocycles. The molecule has 0 bridgehead atoms. The fourth-order valence-electron chi connectivity index (χ4n) is 1.70. The first-order valence-electron chi connectivity index (χ1n) is 6.71. The summed E-state index contributed by atoms with van der Waals surface area (Å²) in [7, 11) is 0. The van der Waals surface area contributed by atoms with Crippen LogP contribution < -0.4 is 10.5 Å². The van der Waals surface area contributed by atoms with Crippen LogP contribution in [0.3, 0.4) is 0 Å². The molecule has 0 fully saturated rings. The molecule has 1 aromatic carbocycles. The molecule has 0 spiro atoms. The average molecular weight is 251 g/mol. The fourth-order valence-corrected chi connectivity index (χ4v) is 1.70. The summed E-state index contributed by atoms with van der Waals surface area (Å²) in [5, 5.41) is 0. The molecule has 0 aliphatic heterocycles. The monoisotopic (exact) mass is 251 g/mol. The van der Waals surface area contributed by atoms with Crippen molar-refractivity contribution in [3.8, 4) is 5.75 Å². The van der Waals surface area contributed by atoms with E-state index >= 15 is 0 Å². The molecule has 0 radical (unpaired) electrons. The third-order valence-corrected chi connectivity index (χ3v) is 2.79. The van der Waals surface area contributed by atoms with E-state index in [0.717, 1.165) is 30.8 Å². The van der Waals surface area contributed by atoms with Crippen LogP contribution in [0.2, 0.25) is 0 Å². The maximum Gasteiger partial charge on any atom is 0.124 e. The van der Waals surface area contributed by atoms with Crippen LogP contribution in [0.25, 0.3) is 0 Å². The van der Waals surface area contributed by atoms with Gasteiger partial charge in [-0.05, 0) is 31.9 Å². The molecule has 3 heteroatoms. The number of hydrogen-bond acceptors (Lipinski definition) is 3. The van der Waals surface area contributed by atoms with Crippen LogP contribution >= 0.6 is 0 Å². The smallest absolute Gasteiger partial charge is 0.124 e. The third kappa shape index (κ3) is 5.07. The zero-order valence-electron chi connectivity index (χ0n) is 11.7. The van der Waals surface area contributed by atoms with Crippen LogP contribution in [-0.4, -0.2) is 19.8 Å². The summed E-state index contributed by atoms with van der Waals surface area (Å²) in [4.78, 5) is 0. The third-order valence-electron chi connectivity index (χ3n) is 2.79. The first-order valence-corrected chi connectivity index (χ1v) is 6.71. The van der Waals surface area contributed by atoms with Gasteiger partial charge in [0.25, 0.3) is 0 Å². The van der Waals surface area contributed by atoms with Crippen molar-refractivity contribution in [1.29, 1.82) is 0 Å². The highest BCUT2D eigenvalue weighted by atomic mass is 16.5. The van der Waals surface area contributed by atoms with Gasteiger partial charge in [0.1, 0.15) is 12.4 Å². The Morgan fingerprint density at radius 1 is 1.22 bits per heavy atom. The van der Waals surface area contributed by atoms with Gasteiger partial charge in [0, 0.05) is 18.2 Å². The van der Waals surface area contributed by atoms with Gasteiger partial charge in [0.15, 0.2) is 0 Å². The van der Waals surface area contributed by atoms with E-state index in [-0.39, 0.29) is 6.04 Å². The summed E-state index contributed by atoms with van der Waals surface area (Å²) in [6, 6.07) is 6.11. The first kappa shape index (κ1) is 15.0. The van der Waals surface area contributed by atoms with Crippen LogP contribution in [0.15, 0.2) is 18.2 Å². The van der Waals surface area contributed by atoms with Gasteiger partial charge >= 0.3 is 0 Å². The molecular formula is C15H25NO2. The van der Waals surface area contributed by atoms with Gasteiger partial charge in [0.2, 0.25) is 0 Å². The van der Waals surface area contributed by atoms with E-state index in [2.05, 4.69) is 19.9 Å². The Balaban J connectivity index is 2.43. The first-order chi connectivity index (χ1) is 8.65. The van der Waals surface area contributed by atoms with Crippen molar-refractivity contribution in [1.82, 2.24) is 0 Å². The topological polar surface area (TPSA) is 44.5 Å². The minimum Gasteiger partial charge on any atom is -0.491 e. The second-order valence-electron chi connectivity index (χ2n) is 4.64. The van der Waals surface area contributed by atoms with Crippen LogP contribution in [0.4, 0.5) is 0 Å². The average Bonchev–Trinajstić information content (AvgIpc) is 2.33. The molecule has 1 aromatic rings. The van der Waals surface area contributed by atoms with Crippen molar-refractivity contribution < 1.29 is 9.47 Å². The molecule has 3 nitrogen and oxygen atoms in total. The van der Waals surface area contributed by atoms with Crippen molar-refractivity contribution in [2.45, 2.75) is 39.7 Å². The molecule has 0 heterocycles. The summed E-state index contributed by atoms with van der Waals surface area (Å²) in [5.41, 5.74) is 8.16. The Kier molecular flexibility index (Phi) is 6.76. The number of ether oxygens (including phenoxy) is 2. The quantitative estimate of drug-likeness (QED) is 0.722. The van der Waals surface area contributed by atoms with Crippen molar-refractivity contribution in [2.24, 2.45) is 5.73 Å². The van der Waals surface area contributed by atoms with E-state index in [1.165, 1.54) is 5.56 Å². The van der Waals surface area contributed by atoms with Crippen LogP contribution in [-0.2, 0) is 4.74 Å². The highest BCUT2D eigenvalue weighted by molar-refractivity contribution is 5.38. The minimum absolute atomic E-state index is 0.0124. The molecule has 0 saturated heterocycles. The molecule has 0 saturated carbocycles. The van der Waals surface area contributed by atoms with Gasteiger partial charge in [-0.1, -0.05) is 25.5 Å². The van der Waals surface area contributed by atoms with E-state index in [1.54, 1.807) is 0 Å². The molecule has 102 valence electrons. The molecule has 18 heavy (non-hydrogen) atoms. The van der Waals surface area contributed by atoms with Crippen molar-refractivity contribution in [3.05, 3.63) is 29.3 Å². The van der Waals surface area contributed by atoms with Gasteiger partial charge in [-0.3, -0.25) is 0 Å². The Morgan fingerprint density at radius 3 is 2.67 bits per heavy atom. The van der Waals surface area contributed by atoms with Crippen molar-refractivity contribution in [2.75, 3.05) is 19.8 Å². The lowest BCUT2D eigenvalue weighted by atomic mass is 10.1. The van der Waals surface area contributed by atoms with E-state index in [9.17, 15) is 0 Å². The standard InChI is InChI=1S/C15H25NO2/c1-4-5-8-17-9-10-18-15-11-12(2)6-7-14(15)13(3)16/h6-7,11,13H,4-5,8-10,16H2,1-3H3/t13-/m1/s1. The zero-order valence-corrected chi connectivity index (χ0v) is 11.7. The highest BCUT2D eigenvalue weighted by Gasteiger charge is 2.08. The lowest BCUT2D eigenvalue weighted by Crippen LogP contribution is -2.12. The van der Waals surface area contributed by atoms with E-state index in [4.69, 9.17) is 15.2 Å². The summed E-state index contributed by atoms with van der Waals surface area (Å²) in [5.74, 6) is 0.879. The molecule has 2 N–H and O–H groups in total. The van der Waals surface area contributed by atoms with Gasteiger partial charge in [0.05, 0.1) is 6.61 Å². The van der Waals surface area contributed by atoms with Gasteiger partial charge in [-0.15, -0.1) is 0 Å². The summed E-state index contributed by atoms with van der Waals surface area (Å²) < 4.78 is 11.2. The minimum atomic E-state index is -0.0124. The van der Waals surface area contributed by atoms with Gasteiger partial charge < -0.3 is 15.2 Å². The zero-order chi connectivity index (χ0) is 13.4. The Morgan fingerprint density at radius 2 is 2.00 bits per heavy atom. The lowest BCUT2D eigenvalue weighted by Gasteiger charge is -2.14. The van der Waals surface area contributed by atoms with E-state index < -0.39 is 0 Å². The van der Waals surface area contributed by atoms with E-state index in [0.29, 0.717) is 13.2 Å². The number of aryl methyl sites for hydroxylation is 1. The summed E-state index contributed by atoms with van der Waals surface area (Å²) in [6.07, 6.45) is 2.27. The Labute approximate surface area is 110 Å². The predicted octanol–water partition coefficient (Wildman–Crippen LogP) is 3.21. The Bertz CT molecular complexity index is 350. The van der Waals surface area contributed by atoms with Crippen LogP contribution in [0, 0.1) is 6.92 Å². The molecule has 1 atom stereocenters. The highest BCUT2D eigenvalue weighted by Crippen LogP contribution is 2.24. The number of rotatable bonds is 8. The number of nitrogens with two attached hydrogens (primary N) is 1. The molecule has 0 amide bonds. The van der Waals surface area contributed by atoms with Crippen molar-refractivity contribution in [3.63, 3.8) is 0 Å². The fraction of sp³-hybridized carbons (Fsp3) is 0.600. The second kappa shape index (κ2) is 8.11. The molecule has 0 aliphatic carbocycles. The summed E-state index contributed by atoms with van der Waals surface area (Å²) in [6.45, 7) is 8.19. The molecular weight excluding hydrogens is 226 g/mol. The van der Waals surface area contributed by atoms with E-state index in [1.807, 2.05) is 19.1 Å². The summed E-state index contributed by atoms with van der Waals surface area (Å²) >= 11 is 0. The van der Waals surface area contributed by atoms with Gasteiger partial charge in [-0.25, -0.2) is 0 Å². The molecule has 1 rings (SSSR count).